The molecule has 1 aromatic carbocycles. The van der Waals surface area contributed by atoms with Crippen LogP contribution in [0.25, 0.3) is 0 Å². The highest BCUT2D eigenvalue weighted by Gasteiger charge is 2.01. The molecule has 0 atom stereocenters. The summed E-state index contributed by atoms with van der Waals surface area (Å²) < 4.78 is 5.12. The SMILES string of the molecule is Cc1cc(N)ccc1OCC(N)=O. The minimum absolute atomic E-state index is 0.106. The lowest BCUT2D eigenvalue weighted by molar-refractivity contribution is -0.119. The molecule has 4 nitrogen and oxygen atoms in total. The van der Waals surface area contributed by atoms with Crippen LogP contribution in [0.2, 0.25) is 0 Å². The zero-order valence-corrected chi connectivity index (χ0v) is 7.41. The number of primary amides is 1. The Labute approximate surface area is 76.5 Å². The van der Waals surface area contributed by atoms with Crippen molar-refractivity contribution in [1.82, 2.24) is 0 Å². The summed E-state index contributed by atoms with van der Waals surface area (Å²) in [6.45, 7) is 1.75. The smallest absolute Gasteiger partial charge is 0.255 e. The molecule has 1 rings (SSSR count). The maximum atomic E-state index is 10.4. The molecule has 1 aromatic rings. The van der Waals surface area contributed by atoms with Crippen LogP contribution in [0.15, 0.2) is 18.2 Å². The molecule has 0 heterocycles. The Morgan fingerprint density at radius 3 is 2.77 bits per heavy atom. The third-order valence-electron chi connectivity index (χ3n) is 1.57. The standard InChI is InChI=1S/C9H12N2O2/c1-6-4-7(10)2-3-8(6)13-5-9(11)12/h2-4H,5,10H2,1H3,(H2,11,12). The van der Waals surface area contributed by atoms with Crippen molar-refractivity contribution in [3.8, 4) is 5.75 Å². The van der Waals surface area contributed by atoms with Crippen molar-refractivity contribution in [2.24, 2.45) is 5.73 Å². The summed E-state index contributed by atoms with van der Waals surface area (Å²) in [5.41, 5.74) is 12.0. The molecule has 0 aromatic heterocycles. The zero-order chi connectivity index (χ0) is 9.84. The van der Waals surface area contributed by atoms with Gasteiger partial charge in [0, 0.05) is 5.69 Å². The Kier molecular flexibility index (Phi) is 2.74. The van der Waals surface area contributed by atoms with Gasteiger partial charge in [0.2, 0.25) is 0 Å². The number of rotatable bonds is 3. The molecule has 4 heteroatoms. The average Bonchev–Trinajstić information content (AvgIpc) is 2.02. The molecule has 0 saturated carbocycles. The van der Waals surface area contributed by atoms with Crippen molar-refractivity contribution in [1.29, 1.82) is 0 Å². The van der Waals surface area contributed by atoms with Gasteiger partial charge in [-0.05, 0) is 30.7 Å². The number of hydrogen-bond donors (Lipinski definition) is 2. The summed E-state index contributed by atoms with van der Waals surface area (Å²) >= 11 is 0. The van der Waals surface area contributed by atoms with Gasteiger partial charge >= 0.3 is 0 Å². The lowest BCUT2D eigenvalue weighted by Gasteiger charge is -2.07. The average molecular weight is 180 g/mol. The molecule has 13 heavy (non-hydrogen) atoms. The van der Waals surface area contributed by atoms with Gasteiger partial charge in [0.25, 0.3) is 5.91 Å². The minimum Gasteiger partial charge on any atom is -0.484 e. The van der Waals surface area contributed by atoms with E-state index in [1.807, 2.05) is 6.92 Å². The van der Waals surface area contributed by atoms with E-state index in [1.165, 1.54) is 0 Å². The van der Waals surface area contributed by atoms with Crippen LogP contribution in [0.4, 0.5) is 5.69 Å². The predicted molar refractivity (Wildman–Crippen MR) is 50.3 cm³/mol. The predicted octanol–water partition coefficient (Wildman–Crippen LogP) is 0.441. The van der Waals surface area contributed by atoms with Gasteiger partial charge < -0.3 is 16.2 Å². The number of hydrogen-bond acceptors (Lipinski definition) is 3. The lowest BCUT2D eigenvalue weighted by atomic mass is 10.2. The Balaban J connectivity index is 2.72. The second-order valence-electron chi connectivity index (χ2n) is 2.78. The monoisotopic (exact) mass is 180 g/mol. The van der Waals surface area contributed by atoms with Crippen LogP contribution in [0, 0.1) is 6.92 Å². The normalized spacial score (nSPS) is 9.62. The molecule has 0 radical (unpaired) electrons. The number of carbonyl (C=O) groups is 1. The Bertz CT molecular complexity index is 323. The number of ether oxygens (including phenoxy) is 1. The fourth-order valence-electron chi connectivity index (χ4n) is 0.983. The van der Waals surface area contributed by atoms with Gasteiger partial charge in [-0.15, -0.1) is 0 Å². The van der Waals surface area contributed by atoms with E-state index in [0.29, 0.717) is 11.4 Å². The lowest BCUT2D eigenvalue weighted by Crippen LogP contribution is -2.20. The molecule has 0 bridgehead atoms. The van der Waals surface area contributed by atoms with Crippen LogP contribution < -0.4 is 16.2 Å². The van der Waals surface area contributed by atoms with Gasteiger partial charge in [0.1, 0.15) is 5.75 Å². The highest BCUT2D eigenvalue weighted by Crippen LogP contribution is 2.19. The molecule has 0 aliphatic carbocycles. The summed E-state index contributed by atoms with van der Waals surface area (Å²) in [7, 11) is 0. The summed E-state index contributed by atoms with van der Waals surface area (Å²) in [4.78, 5) is 10.4. The van der Waals surface area contributed by atoms with Gasteiger partial charge in [0.15, 0.2) is 6.61 Å². The van der Waals surface area contributed by atoms with Crippen molar-refractivity contribution < 1.29 is 9.53 Å². The van der Waals surface area contributed by atoms with E-state index in [4.69, 9.17) is 16.2 Å². The summed E-state index contributed by atoms with van der Waals surface area (Å²) in [6, 6.07) is 5.20. The molecule has 0 aliphatic heterocycles. The fraction of sp³-hybridized carbons (Fsp3) is 0.222. The topological polar surface area (TPSA) is 78.3 Å². The van der Waals surface area contributed by atoms with Crippen molar-refractivity contribution >= 4 is 11.6 Å². The Morgan fingerprint density at radius 2 is 2.23 bits per heavy atom. The second-order valence-corrected chi connectivity index (χ2v) is 2.78. The molecule has 0 unspecified atom stereocenters. The van der Waals surface area contributed by atoms with Crippen molar-refractivity contribution in [2.75, 3.05) is 12.3 Å². The van der Waals surface area contributed by atoms with E-state index in [1.54, 1.807) is 18.2 Å². The third kappa shape index (κ3) is 2.66. The maximum Gasteiger partial charge on any atom is 0.255 e. The quantitative estimate of drug-likeness (QED) is 0.662. The van der Waals surface area contributed by atoms with Gasteiger partial charge in [-0.3, -0.25) is 4.79 Å². The molecule has 1 amide bonds. The first kappa shape index (κ1) is 9.38. The third-order valence-corrected chi connectivity index (χ3v) is 1.57. The first-order valence-corrected chi connectivity index (χ1v) is 3.87. The molecule has 0 spiro atoms. The Morgan fingerprint density at radius 1 is 1.54 bits per heavy atom. The molecule has 0 fully saturated rings. The number of aryl methyl sites for hydroxylation is 1. The van der Waals surface area contributed by atoms with E-state index >= 15 is 0 Å². The van der Waals surface area contributed by atoms with E-state index < -0.39 is 5.91 Å². The molecular weight excluding hydrogens is 168 g/mol. The zero-order valence-electron chi connectivity index (χ0n) is 7.41. The highest BCUT2D eigenvalue weighted by molar-refractivity contribution is 5.75. The number of benzene rings is 1. The molecule has 4 N–H and O–H groups in total. The van der Waals surface area contributed by atoms with Crippen LogP contribution in [-0.2, 0) is 4.79 Å². The van der Waals surface area contributed by atoms with E-state index in [2.05, 4.69) is 0 Å². The maximum absolute atomic E-state index is 10.4. The van der Waals surface area contributed by atoms with Crippen LogP contribution >= 0.6 is 0 Å². The number of anilines is 1. The summed E-state index contributed by atoms with van der Waals surface area (Å²) in [5.74, 6) is 0.143. The van der Waals surface area contributed by atoms with Crippen molar-refractivity contribution in [2.45, 2.75) is 6.92 Å². The van der Waals surface area contributed by atoms with Gasteiger partial charge in [-0.2, -0.15) is 0 Å². The van der Waals surface area contributed by atoms with Crippen LogP contribution in [0.1, 0.15) is 5.56 Å². The van der Waals surface area contributed by atoms with Crippen molar-refractivity contribution in [3.05, 3.63) is 23.8 Å². The minimum atomic E-state index is -0.490. The number of nitrogens with two attached hydrogens (primary N) is 2. The molecule has 0 saturated heterocycles. The van der Waals surface area contributed by atoms with Crippen LogP contribution in [0.5, 0.6) is 5.75 Å². The van der Waals surface area contributed by atoms with E-state index in [9.17, 15) is 4.79 Å². The highest BCUT2D eigenvalue weighted by atomic mass is 16.5. The number of carbonyl (C=O) groups excluding carboxylic acids is 1. The first-order valence-electron chi connectivity index (χ1n) is 3.87. The molecular formula is C9H12N2O2. The largest absolute Gasteiger partial charge is 0.484 e. The first-order chi connectivity index (χ1) is 6.09. The van der Waals surface area contributed by atoms with Crippen LogP contribution in [0.3, 0.4) is 0 Å². The summed E-state index contributed by atoms with van der Waals surface area (Å²) in [5, 5.41) is 0. The van der Waals surface area contributed by atoms with Gasteiger partial charge in [-0.25, -0.2) is 0 Å². The van der Waals surface area contributed by atoms with Gasteiger partial charge in [0.05, 0.1) is 0 Å². The molecule has 0 aliphatic rings. The van der Waals surface area contributed by atoms with Crippen LogP contribution in [-0.4, -0.2) is 12.5 Å². The van der Waals surface area contributed by atoms with E-state index in [0.717, 1.165) is 5.56 Å². The fourth-order valence-corrected chi connectivity index (χ4v) is 0.983. The Hall–Kier alpha value is -1.71. The van der Waals surface area contributed by atoms with E-state index in [-0.39, 0.29) is 6.61 Å². The second kappa shape index (κ2) is 3.80. The van der Waals surface area contributed by atoms with Gasteiger partial charge in [-0.1, -0.05) is 0 Å². The summed E-state index contributed by atoms with van der Waals surface area (Å²) in [6.07, 6.45) is 0. The van der Waals surface area contributed by atoms with Crippen molar-refractivity contribution in [3.63, 3.8) is 0 Å². The number of amides is 1. The number of nitrogen functional groups attached to an aromatic ring is 1. The molecule has 70 valence electrons.